The summed E-state index contributed by atoms with van der Waals surface area (Å²) in [5.74, 6) is 1.41. The second kappa shape index (κ2) is 9.58. The summed E-state index contributed by atoms with van der Waals surface area (Å²) in [6, 6.07) is 7.53. The van der Waals surface area contributed by atoms with E-state index in [9.17, 15) is 5.26 Å². The normalized spacial score (nSPS) is 13.0. The van der Waals surface area contributed by atoms with Gasteiger partial charge in [0.15, 0.2) is 0 Å². The van der Waals surface area contributed by atoms with Crippen LogP contribution in [0.25, 0.3) is 11.4 Å². The summed E-state index contributed by atoms with van der Waals surface area (Å²) >= 11 is 13.8. The second-order valence-electron chi connectivity index (χ2n) is 5.25. The van der Waals surface area contributed by atoms with Crippen LogP contribution in [0.2, 0.25) is 10.0 Å². The van der Waals surface area contributed by atoms with Gasteiger partial charge in [0.2, 0.25) is 0 Å². The van der Waals surface area contributed by atoms with E-state index in [1.807, 2.05) is 23.8 Å². The van der Waals surface area contributed by atoms with Crippen molar-refractivity contribution in [3.05, 3.63) is 52.4 Å². The van der Waals surface area contributed by atoms with Gasteiger partial charge in [0.05, 0.1) is 39.8 Å². The van der Waals surface area contributed by atoms with Crippen LogP contribution in [0.3, 0.4) is 0 Å². The number of aromatic nitrogens is 2. The maximum Gasteiger partial charge on any atom is 0.145 e. The molecule has 0 aliphatic heterocycles. The molecule has 0 saturated heterocycles. The van der Waals surface area contributed by atoms with Crippen LogP contribution in [-0.2, 0) is 0 Å². The molecule has 0 N–H and O–H groups in total. The SMILES string of the molecule is C=N/C=C\C(=N/CSC)n1c(C(C)C#N)cnc1-c1ccc(Cl)c(Cl)c1. The van der Waals surface area contributed by atoms with Gasteiger partial charge in [-0.15, -0.1) is 11.8 Å². The highest BCUT2D eigenvalue weighted by Crippen LogP contribution is 2.30. The Balaban J connectivity index is 2.72. The van der Waals surface area contributed by atoms with Crippen molar-refractivity contribution in [2.24, 2.45) is 9.98 Å². The van der Waals surface area contributed by atoms with Gasteiger partial charge in [0.25, 0.3) is 0 Å². The van der Waals surface area contributed by atoms with Crippen molar-refractivity contribution in [2.45, 2.75) is 12.8 Å². The number of aliphatic imine (C=N–C) groups is 2. The Kier molecular flexibility index (Phi) is 7.46. The molecule has 5 nitrogen and oxygen atoms in total. The van der Waals surface area contributed by atoms with Crippen LogP contribution in [0.5, 0.6) is 0 Å². The van der Waals surface area contributed by atoms with Crippen molar-refractivity contribution in [2.75, 3.05) is 12.1 Å². The van der Waals surface area contributed by atoms with E-state index in [0.717, 1.165) is 11.3 Å². The number of nitriles is 1. The molecule has 0 aliphatic carbocycles. The molecule has 0 radical (unpaired) electrons. The van der Waals surface area contributed by atoms with E-state index in [4.69, 9.17) is 23.2 Å². The topological polar surface area (TPSA) is 66.3 Å². The molecule has 2 rings (SSSR count). The molecule has 0 amide bonds. The van der Waals surface area contributed by atoms with Crippen LogP contribution >= 0.6 is 35.0 Å². The van der Waals surface area contributed by atoms with Gasteiger partial charge in [-0.3, -0.25) is 14.6 Å². The number of hydrogen-bond donors (Lipinski definition) is 0. The number of imidazole rings is 1. The Labute approximate surface area is 167 Å². The Morgan fingerprint density at radius 1 is 1.46 bits per heavy atom. The van der Waals surface area contributed by atoms with Crippen LogP contribution in [-0.4, -0.2) is 34.2 Å². The first-order chi connectivity index (χ1) is 12.5. The zero-order chi connectivity index (χ0) is 19.1. The Morgan fingerprint density at radius 2 is 2.23 bits per heavy atom. The van der Waals surface area contributed by atoms with Crippen molar-refractivity contribution in [1.29, 1.82) is 5.26 Å². The fourth-order valence-electron chi connectivity index (χ4n) is 2.26. The molecule has 0 bridgehead atoms. The number of halogens is 2. The van der Waals surface area contributed by atoms with Crippen LogP contribution in [0, 0.1) is 11.3 Å². The minimum atomic E-state index is -0.372. The Bertz CT molecular complexity index is 895. The number of benzene rings is 1. The van der Waals surface area contributed by atoms with Gasteiger partial charge >= 0.3 is 0 Å². The van der Waals surface area contributed by atoms with E-state index < -0.39 is 0 Å². The number of rotatable bonds is 6. The fraction of sp³-hybridized carbons (Fsp3) is 0.222. The maximum atomic E-state index is 9.39. The average Bonchev–Trinajstić information content (AvgIpc) is 3.08. The average molecular weight is 406 g/mol. The van der Waals surface area contributed by atoms with Crippen LogP contribution in [0.15, 0.2) is 46.7 Å². The standard InChI is InChI=1S/C18H17Cl2N5S/c1-12(9-21)16-10-23-18(13-4-5-14(19)15(20)8-13)25(16)17(6-7-22-2)24-11-26-3/h4-8,10,12H,2,11H2,1,3H3/b7-6-,24-17+. The molecule has 2 aromatic rings. The molecular weight excluding hydrogens is 389 g/mol. The summed E-state index contributed by atoms with van der Waals surface area (Å²) in [7, 11) is 0. The van der Waals surface area contributed by atoms with Crippen LogP contribution in [0.4, 0.5) is 0 Å². The molecule has 0 saturated carbocycles. The van der Waals surface area contributed by atoms with Gasteiger partial charge in [-0.2, -0.15) is 5.26 Å². The van der Waals surface area contributed by atoms with E-state index in [1.165, 1.54) is 0 Å². The van der Waals surface area contributed by atoms with E-state index in [0.29, 0.717) is 27.6 Å². The maximum absolute atomic E-state index is 9.39. The first-order valence-electron chi connectivity index (χ1n) is 7.62. The predicted molar refractivity (Wildman–Crippen MR) is 112 cm³/mol. The van der Waals surface area contributed by atoms with Gasteiger partial charge in [-0.25, -0.2) is 4.98 Å². The lowest BCUT2D eigenvalue weighted by atomic mass is 10.1. The van der Waals surface area contributed by atoms with Crippen molar-refractivity contribution in [1.82, 2.24) is 9.55 Å². The number of allylic oxidation sites excluding steroid dienone is 1. The first-order valence-corrected chi connectivity index (χ1v) is 9.77. The molecule has 8 heteroatoms. The van der Waals surface area contributed by atoms with Gasteiger partial charge in [0, 0.05) is 11.8 Å². The highest BCUT2D eigenvalue weighted by molar-refractivity contribution is 7.98. The lowest BCUT2D eigenvalue weighted by Crippen LogP contribution is -2.16. The highest BCUT2D eigenvalue weighted by atomic mass is 35.5. The van der Waals surface area contributed by atoms with Crippen molar-refractivity contribution >= 4 is 47.5 Å². The van der Waals surface area contributed by atoms with Gasteiger partial charge in [0.1, 0.15) is 11.7 Å². The van der Waals surface area contributed by atoms with Crippen molar-refractivity contribution in [3.63, 3.8) is 0 Å². The smallest absolute Gasteiger partial charge is 0.145 e. The molecule has 26 heavy (non-hydrogen) atoms. The summed E-state index contributed by atoms with van der Waals surface area (Å²) in [6.45, 7) is 5.28. The van der Waals surface area contributed by atoms with Gasteiger partial charge < -0.3 is 0 Å². The molecule has 0 spiro atoms. The van der Waals surface area contributed by atoms with Gasteiger partial charge in [-0.05, 0) is 44.2 Å². The molecule has 0 fully saturated rings. The lowest BCUT2D eigenvalue weighted by Gasteiger charge is -2.14. The molecular formula is C18H17Cl2N5S. The summed E-state index contributed by atoms with van der Waals surface area (Å²) in [4.78, 5) is 12.9. The molecule has 0 aliphatic rings. The van der Waals surface area contributed by atoms with Crippen LogP contribution in [0.1, 0.15) is 18.5 Å². The minimum Gasteiger partial charge on any atom is -0.280 e. The largest absolute Gasteiger partial charge is 0.280 e. The number of thioether (sulfide) groups is 1. The van der Waals surface area contributed by atoms with Crippen molar-refractivity contribution in [3.8, 4) is 17.5 Å². The lowest BCUT2D eigenvalue weighted by molar-refractivity contribution is 0.890. The summed E-state index contributed by atoms with van der Waals surface area (Å²) in [5.41, 5.74) is 1.50. The van der Waals surface area contributed by atoms with E-state index >= 15 is 0 Å². The Morgan fingerprint density at radius 3 is 2.85 bits per heavy atom. The zero-order valence-corrected chi connectivity index (χ0v) is 16.7. The van der Waals surface area contributed by atoms with E-state index in [1.54, 1.807) is 42.4 Å². The summed E-state index contributed by atoms with van der Waals surface area (Å²) in [5, 5.41) is 10.3. The highest BCUT2D eigenvalue weighted by Gasteiger charge is 2.20. The minimum absolute atomic E-state index is 0.372. The van der Waals surface area contributed by atoms with Gasteiger partial charge in [-0.1, -0.05) is 23.2 Å². The second-order valence-corrected chi connectivity index (χ2v) is 6.90. The molecule has 1 atom stereocenters. The zero-order valence-electron chi connectivity index (χ0n) is 14.4. The molecule has 1 aromatic heterocycles. The third-order valence-electron chi connectivity index (χ3n) is 3.52. The summed E-state index contributed by atoms with van der Waals surface area (Å²) < 4.78 is 1.84. The quantitative estimate of drug-likeness (QED) is 0.485. The monoisotopic (exact) mass is 405 g/mol. The van der Waals surface area contributed by atoms with E-state index in [-0.39, 0.29) is 5.92 Å². The first kappa shape index (κ1) is 20.2. The number of hydrogen-bond acceptors (Lipinski definition) is 5. The molecule has 1 aromatic carbocycles. The van der Waals surface area contributed by atoms with E-state index in [2.05, 4.69) is 27.8 Å². The number of nitrogens with zero attached hydrogens (tertiary/aromatic N) is 5. The third-order valence-corrected chi connectivity index (χ3v) is 4.64. The molecule has 1 unspecified atom stereocenters. The Hall–Kier alpha value is -2.07. The predicted octanol–water partition coefficient (Wildman–Crippen LogP) is 5.27. The van der Waals surface area contributed by atoms with Crippen LogP contribution < -0.4 is 0 Å². The van der Waals surface area contributed by atoms with Crippen molar-refractivity contribution < 1.29 is 0 Å². The summed E-state index contributed by atoms with van der Waals surface area (Å²) in [6.07, 6.45) is 6.93. The third kappa shape index (κ3) is 4.55. The fourth-order valence-corrected chi connectivity index (χ4v) is 2.82. The molecule has 1 heterocycles. The molecule has 134 valence electrons.